The maximum absolute atomic E-state index is 11.6. The van der Waals surface area contributed by atoms with Crippen LogP contribution in [0.1, 0.15) is 19.8 Å². The van der Waals surface area contributed by atoms with E-state index in [1.807, 2.05) is 7.05 Å². The average molecular weight is 244 g/mol. The van der Waals surface area contributed by atoms with E-state index >= 15 is 0 Å². The van der Waals surface area contributed by atoms with Crippen molar-refractivity contribution >= 4 is 5.97 Å². The lowest BCUT2D eigenvalue weighted by atomic mass is 10.2. The molecule has 1 aliphatic rings. The second-order valence-corrected chi connectivity index (χ2v) is 4.76. The van der Waals surface area contributed by atoms with Crippen molar-refractivity contribution in [1.82, 2.24) is 10.2 Å². The summed E-state index contributed by atoms with van der Waals surface area (Å²) in [4.78, 5) is 13.8. The Hall–Kier alpha value is -0.650. The quantitative estimate of drug-likeness (QED) is 0.620. The van der Waals surface area contributed by atoms with Crippen molar-refractivity contribution in [1.29, 1.82) is 0 Å². The van der Waals surface area contributed by atoms with Crippen LogP contribution in [0.2, 0.25) is 0 Å². The van der Waals surface area contributed by atoms with Crippen molar-refractivity contribution in [3.05, 3.63) is 0 Å². The number of ether oxygens (including phenoxy) is 2. The molecule has 17 heavy (non-hydrogen) atoms. The molecular weight excluding hydrogens is 220 g/mol. The van der Waals surface area contributed by atoms with E-state index in [1.54, 1.807) is 7.11 Å². The first kappa shape index (κ1) is 14.4. The number of hydrogen-bond acceptors (Lipinski definition) is 5. The predicted octanol–water partition coefficient (Wildman–Crippen LogP) is 0.247. The minimum atomic E-state index is -0.239. The number of carbonyl (C=O) groups is 1. The molecule has 0 bridgehead atoms. The van der Waals surface area contributed by atoms with Crippen LogP contribution in [-0.4, -0.2) is 63.4 Å². The summed E-state index contributed by atoms with van der Waals surface area (Å²) in [5.41, 5.74) is 0. The number of nitrogens with zero attached hydrogens (tertiary/aromatic N) is 1. The number of rotatable bonds is 8. The van der Waals surface area contributed by atoms with E-state index in [0.717, 1.165) is 12.8 Å². The fourth-order valence-electron chi connectivity index (χ4n) is 1.71. The summed E-state index contributed by atoms with van der Waals surface area (Å²) in [6.07, 6.45) is 2.32. The Morgan fingerprint density at radius 1 is 1.47 bits per heavy atom. The SMILES string of the molecule is COCC(C)N(C)CC(NC1CC1)C(=O)OC. The molecule has 1 fully saturated rings. The van der Waals surface area contributed by atoms with Crippen LogP contribution in [0.25, 0.3) is 0 Å². The molecule has 1 rings (SSSR count). The summed E-state index contributed by atoms with van der Waals surface area (Å²) in [7, 11) is 5.11. The van der Waals surface area contributed by atoms with Gasteiger partial charge in [0.25, 0.3) is 0 Å². The maximum atomic E-state index is 11.6. The Bertz CT molecular complexity index is 244. The predicted molar refractivity (Wildman–Crippen MR) is 65.9 cm³/mol. The molecule has 0 aliphatic heterocycles. The van der Waals surface area contributed by atoms with Crippen LogP contribution in [-0.2, 0) is 14.3 Å². The van der Waals surface area contributed by atoms with Crippen LogP contribution in [0.5, 0.6) is 0 Å². The van der Waals surface area contributed by atoms with Gasteiger partial charge in [-0.25, -0.2) is 0 Å². The third-order valence-corrected chi connectivity index (χ3v) is 3.13. The Kier molecular flexibility index (Phi) is 5.88. The smallest absolute Gasteiger partial charge is 0.324 e. The molecular formula is C12H24N2O3. The second-order valence-electron chi connectivity index (χ2n) is 4.76. The number of carbonyl (C=O) groups excluding carboxylic acids is 1. The van der Waals surface area contributed by atoms with Gasteiger partial charge in [0.15, 0.2) is 0 Å². The van der Waals surface area contributed by atoms with E-state index in [1.165, 1.54) is 7.11 Å². The summed E-state index contributed by atoms with van der Waals surface area (Å²) in [5, 5.41) is 3.31. The first-order valence-corrected chi connectivity index (χ1v) is 6.11. The van der Waals surface area contributed by atoms with Gasteiger partial charge in [-0.3, -0.25) is 9.69 Å². The normalized spacial score (nSPS) is 19.1. The number of nitrogens with one attached hydrogen (secondary N) is 1. The van der Waals surface area contributed by atoms with Gasteiger partial charge in [0.05, 0.1) is 13.7 Å². The molecule has 0 aromatic carbocycles. The van der Waals surface area contributed by atoms with Crippen molar-refractivity contribution in [3.63, 3.8) is 0 Å². The monoisotopic (exact) mass is 244 g/mol. The van der Waals surface area contributed by atoms with Gasteiger partial charge in [0.2, 0.25) is 0 Å². The van der Waals surface area contributed by atoms with Crippen LogP contribution in [0.3, 0.4) is 0 Å². The molecule has 0 heterocycles. The van der Waals surface area contributed by atoms with Crippen LogP contribution < -0.4 is 5.32 Å². The highest BCUT2D eigenvalue weighted by Crippen LogP contribution is 2.19. The molecule has 0 radical (unpaired) electrons. The third-order valence-electron chi connectivity index (χ3n) is 3.13. The molecule has 1 N–H and O–H groups in total. The van der Waals surface area contributed by atoms with Crippen molar-refractivity contribution in [3.8, 4) is 0 Å². The lowest BCUT2D eigenvalue weighted by molar-refractivity contribution is -0.143. The maximum Gasteiger partial charge on any atom is 0.324 e. The van der Waals surface area contributed by atoms with Gasteiger partial charge < -0.3 is 14.8 Å². The van der Waals surface area contributed by atoms with Gasteiger partial charge >= 0.3 is 5.97 Å². The molecule has 0 saturated heterocycles. The molecule has 2 unspecified atom stereocenters. The van der Waals surface area contributed by atoms with E-state index in [4.69, 9.17) is 9.47 Å². The fourth-order valence-corrected chi connectivity index (χ4v) is 1.71. The Morgan fingerprint density at radius 3 is 2.59 bits per heavy atom. The highest BCUT2D eigenvalue weighted by atomic mass is 16.5. The first-order chi connectivity index (χ1) is 8.08. The zero-order valence-electron chi connectivity index (χ0n) is 11.2. The number of likely N-dealkylation sites (N-methyl/N-ethyl adjacent to an activating group) is 1. The number of methoxy groups -OCH3 is 2. The molecule has 0 spiro atoms. The zero-order chi connectivity index (χ0) is 12.8. The summed E-state index contributed by atoms with van der Waals surface area (Å²) in [6, 6.07) is 0.537. The van der Waals surface area contributed by atoms with Crippen LogP contribution in [0.15, 0.2) is 0 Å². The number of hydrogen-bond donors (Lipinski definition) is 1. The second kappa shape index (κ2) is 6.93. The van der Waals surface area contributed by atoms with Crippen LogP contribution in [0, 0.1) is 0 Å². The van der Waals surface area contributed by atoms with Gasteiger partial charge in [0, 0.05) is 25.7 Å². The molecule has 5 nitrogen and oxygen atoms in total. The van der Waals surface area contributed by atoms with E-state index in [-0.39, 0.29) is 18.1 Å². The van der Waals surface area contributed by atoms with Crippen molar-refractivity contribution in [2.45, 2.75) is 37.9 Å². The van der Waals surface area contributed by atoms with E-state index in [9.17, 15) is 4.79 Å². The lowest BCUT2D eigenvalue weighted by Crippen LogP contribution is -2.49. The van der Waals surface area contributed by atoms with E-state index in [2.05, 4.69) is 17.1 Å². The van der Waals surface area contributed by atoms with Crippen molar-refractivity contribution in [2.24, 2.45) is 0 Å². The molecule has 1 aliphatic carbocycles. The highest BCUT2D eigenvalue weighted by molar-refractivity contribution is 5.76. The summed E-state index contributed by atoms with van der Waals surface area (Å²) in [5.74, 6) is -0.187. The van der Waals surface area contributed by atoms with Crippen molar-refractivity contribution < 1.29 is 14.3 Å². The Morgan fingerprint density at radius 2 is 2.12 bits per heavy atom. The summed E-state index contributed by atoms with van der Waals surface area (Å²) in [6.45, 7) is 3.39. The van der Waals surface area contributed by atoms with Gasteiger partial charge in [-0.15, -0.1) is 0 Å². The average Bonchev–Trinajstić information content (AvgIpc) is 3.11. The van der Waals surface area contributed by atoms with Crippen LogP contribution in [0.4, 0.5) is 0 Å². The Balaban J connectivity index is 2.42. The topological polar surface area (TPSA) is 50.8 Å². The Labute approximate surface area is 103 Å². The van der Waals surface area contributed by atoms with Gasteiger partial charge in [-0.2, -0.15) is 0 Å². The fraction of sp³-hybridized carbons (Fsp3) is 0.917. The lowest BCUT2D eigenvalue weighted by Gasteiger charge is -2.28. The van der Waals surface area contributed by atoms with Gasteiger partial charge in [-0.05, 0) is 26.8 Å². The van der Waals surface area contributed by atoms with E-state index < -0.39 is 0 Å². The molecule has 100 valence electrons. The van der Waals surface area contributed by atoms with Gasteiger partial charge in [-0.1, -0.05) is 0 Å². The molecule has 5 heteroatoms. The van der Waals surface area contributed by atoms with Crippen LogP contribution >= 0.6 is 0 Å². The summed E-state index contributed by atoms with van der Waals surface area (Å²) >= 11 is 0. The highest BCUT2D eigenvalue weighted by Gasteiger charge is 2.30. The minimum Gasteiger partial charge on any atom is -0.468 e. The third kappa shape index (κ3) is 5.02. The standard InChI is InChI=1S/C12H24N2O3/c1-9(8-16-3)14(2)7-11(12(15)17-4)13-10-5-6-10/h9-11,13H,5-8H2,1-4H3. The molecule has 2 atom stereocenters. The van der Waals surface area contributed by atoms with Gasteiger partial charge in [0.1, 0.15) is 6.04 Å². The van der Waals surface area contributed by atoms with E-state index in [0.29, 0.717) is 19.2 Å². The minimum absolute atomic E-state index is 0.187. The van der Waals surface area contributed by atoms with Crippen molar-refractivity contribution in [2.75, 3.05) is 34.4 Å². The largest absolute Gasteiger partial charge is 0.468 e. The number of esters is 1. The summed E-state index contributed by atoms with van der Waals surface area (Å²) < 4.78 is 9.93. The first-order valence-electron chi connectivity index (χ1n) is 6.11. The zero-order valence-corrected chi connectivity index (χ0v) is 11.2. The molecule has 1 saturated carbocycles. The molecule has 0 aromatic heterocycles. The molecule has 0 aromatic rings. The molecule has 0 amide bonds.